The molecule has 0 spiro atoms. The van der Waals surface area contributed by atoms with E-state index in [2.05, 4.69) is 27.9 Å². The highest BCUT2D eigenvalue weighted by Gasteiger charge is 2.32. The topological polar surface area (TPSA) is 45.1 Å². The normalized spacial score (nSPS) is 22.6. The number of likely N-dealkylation sites (tertiary alicyclic amines) is 2. The zero-order valence-electron chi connectivity index (χ0n) is 17.2. The van der Waals surface area contributed by atoms with Gasteiger partial charge < -0.3 is 9.74 Å². The van der Waals surface area contributed by atoms with Crippen LogP contribution < -0.4 is 0 Å². The van der Waals surface area contributed by atoms with E-state index in [1.807, 2.05) is 30.3 Å². The summed E-state index contributed by atoms with van der Waals surface area (Å²) < 4.78 is 0. The van der Waals surface area contributed by atoms with Gasteiger partial charge in [0.2, 0.25) is 0 Å². The van der Waals surface area contributed by atoms with Crippen LogP contribution in [-0.4, -0.2) is 60.7 Å². The molecular weight excluding hydrogens is 382 g/mol. The molecule has 0 bridgehead atoms. The number of nitrogens with zero attached hydrogens (tertiary/aromatic N) is 3. The fraction of sp³-hybridized carbons (Fsp3) is 0.478. The molecular formula is C23H29N3O2S. The average Bonchev–Trinajstić information content (AvgIpc) is 3.48. The SMILES string of the molecule is CO/N=C\c1ccc(-c2ccc(C(=O)N3CCC[C@H]3CN3CCC[C@H]3C)cc2)s1. The van der Waals surface area contributed by atoms with Crippen LogP contribution in [0.3, 0.4) is 0 Å². The molecule has 0 radical (unpaired) electrons. The van der Waals surface area contributed by atoms with Gasteiger partial charge in [-0.15, -0.1) is 11.3 Å². The number of benzene rings is 1. The summed E-state index contributed by atoms with van der Waals surface area (Å²) in [4.78, 5) is 24.8. The minimum Gasteiger partial charge on any atom is -0.399 e. The molecule has 0 unspecified atom stereocenters. The third kappa shape index (κ3) is 4.54. The molecule has 5 nitrogen and oxygen atoms in total. The van der Waals surface area contributed by atoms with Crippen LogP contribution in [0.4, 0.5) is 0 Å². The van der Waals surface area contributed by atoms with Crippen molar-refractivity contribution < 1.29 is 9.63 Å². The summed E-state index contributed by atoms with van der Waals surface area (Å²) in [6, 6.07) is 13.1. The van der Waals surface area contributed by atoms with Crippen LogP contribution in [0.5, 0.6) is 0 Å². The molecule has 2 atom stereocenters. The zero-order chi connectivity index (χ0) is 20.2. The molecule has 1 aromatic heterocycles. The predicted octanol–water partition coefficient (Wildman–Crippen LogP) is 4.48. The van der Waals surface area contributed by atoms with Gasteiger partial charge in [-0.05, 0) is 69.0 Å². The van der Waals surface area contributed by atoms with E-state index in [0.717, 1.165) is 46.8 Å². The van der Waals surface area contributed by atoms with Gasteiger partial charge in [-0.2, -0.15) is 0 Å². The highest BCUT2D eigenvalue weighted by Crippen LogP contribution is 2.29. The van der Waals surface area contributed by atoms with Crippen molar-refractivity contribution in [3.8, 4) is 10.4 Å². The van der Waals surface area contributed by atoms with E-state index in [1.54, 1.807) is 17.6 Å². The van der Waals surface area contributed by atoms with Crippen LogP contribution >= 0.6 is 11.3 Å². The Morgan fingerprint density at radius 3 is 2.69 bits per heavy atom. The van der Waals surface area contributed by atoms with Gasteiger partial charge in [0.05, 0.1) is 6.21 Å². The van der Waals surface area contributed by atoms with E-state index in [9.17, 15) is 4.79 Å². The van der Waals surface area contributed by atoms with Crippen LogP contribution in [0, 0.1) is 0 Å². The molecule has 154 valence electrons. The maximum Gasteiger partial charge on any atom is 0.254 e. The lowest BCUT2D eigenvalue weighted by Gasteiger charge is -2.30. The van der Waals surface area contributed by atoms with Gasteiger partial charge >= 0.3 is 0 Å². The Morgan fingerprint density at radius 1 is 1.17 bits per heavy atom. The van der Waals surface area contributed by atoms with Crippen molar-refractivity contribution in [1.82, 2.24) is 9.80 Å². The molecule has 0 N–H and O–H groups in total. The Morgan fingerprint density at radius 2 is 1.97 bits per heavy atom. The Balaban J connectivity index is 1.43. The van der Waals surface area contributed by atoms with Crippen molar-refractivity contribution in [1.29, 1.82) is 0 Å². The summed E-state index contributed by atoms with van der Waals surface area (Å²) in [5, 5.41) is 3.81. The van der Waals surface area contributed by atoms with Gasteiger partial charge in [-0.1, -0.05) is 17.3 Å². The van der Waals surface area contributed by atoms with Crippen LogP contribution in [0.15, 0.2) is 41.6 Å². The molecule has 0 aliphatic carbocycles. The minimum atomic E-state index is 0.171. The number of hydrogen-bond donors (Lipinski definition) is 0. The van der Waals surface area contributed by atoms with E-state index in [0.29, 0.717) is 12.1 Å². The summed E-state index contributed by atoms with van der Waals surface area (Å²) in [6.07, 6.45) is 6.50. The second-order valence-electron chi connectivity index (χ2n) is 7.98. The quantitative estimate of drug-likeness (QED) is 0.520. The lowest BCUT2D eigenvalue weighted by atomic mass is 10.1. The molecule has 2 aliphatic heterocycles. The lowest BCUT2D eigenvalue weighted by Crippen LogP contribution is -2.44. The molecule has 29 heavy (non-hydrogen) atoms. The van der Waals surface area contributed by atoms with Crippen molar-refractivity contribution in [3.63, 3.8) is 0 Å². The van der Waals surface area contributed by atoms with Crippen molar-refractivity contribution >= 4 is 23.5 Å². The molecule has 2 fully saturated rings. The maximum absolute atomic E-state index is 13.2. The molecule has 1 aromatic carbocycles. The van der Waals surface area contributed by atoms with Crippen LogP contribution in [0.1, 0.15) is 47.8 Å². The lowest BCUT2D eigenvalue weighted by molar-refractivity contribution is 0.0697. The van der Waals surface area contributed by atoms with E-state index in [1.165, 1.54) is 26.5 Å². The smallest absolute Gasteiger partial charge is 0.254 e. The minimum absolute atomic E-state index is 0.171. The molecule has 4 rings (SSSR count). The van der Waals surface area contributed by atoms with Gasteiger partial charge in [0.1, 0.15) is 7.11 Å². The van der Waals surface area contributed by atoms with E-state index in [-0.39, 0.29) is 5.91 Å². The highest BCUT2D eigenvalue weighted by molar-refractivity contribution is 7.17. The van der Waals surface area contributed by atoms with E-state index in [4.69, 9.17) is 4.84 Å². The second kappa shape index (κ2) is 9.09. The monoisotopic (exact) mass is 411 g/mol. The van der Waals surface area contributed by atoms with Crippen molar-refractivity contribution in [2.45, 2.75) is 44.7 Å². The number of rotatable bonds is 6. The Kier molecular flexibility index (Phi) is 6.31. The van der Waals surface area contributed by atoms with Gasteiger partial charge in [-0.3, -0.25) is 9.69 Å². The van der Waals surface area contributed by atoms with Gasteiger partial charge in [0.15, 0.2) is 0 Å². The van der Waals surface area contributed by atoms with Crippen LogP contribution in [0.2, 0.25) is 0 Å². The van der Waals surface area contributed by atoms with Crippen LogP contribution in [-0.2, 0) is 4.84 Å². The van der Waals surface area contributed by atoms with Crippen molar-refractivity contribution in [2.75, 3.05) is 26.7 Å². The Bertz CT molecular complexity index is 861. The average molecular weight is 412 g/mol. The highest BCUT2D eigenvalue weighted by atomic mass is 32.1. The van der Waals surface area contributed by atoms with Crippen molar-refractivity contribution in [3.05, 3.63) is 46.8 Å². The summed E-state index contributed by atoms with van der Waals surface area (Å²) in [5.74, 6) is 0.171. The molecule has 2 aromatic rings. The molecule has 0 saturated carbocycles. The zero-order valence-corrected chi connectivity index (χ0v) is 18.0. The number of oxime groups is 1. The molecule has 3 heterocycles. The summed E-state index contributed by atoms with van der Waals surface area (Å²) in [7, 11) is 1.54. The van der Waals surface area contributed by atoms with Crippen LogP contribution in [0.25, 0.3) is 10.4 Å². The first-order valence-electron chi connectivity index (χ1n) is 10.5. The van der Waals surface area contributed by atoms with Crippen molar-refractivity contribution in [2.24, 2.45) is 5.16 Å². The maximum atomic E-state index is 13.2. The van der Waals surface area contributed by atoms with E-state index < -0.39 is 0 Å². The number of carbonyl (C=O) groups excluding carboxylic acids is 1. The Labute approximate surface area is 177 Å². The molecule has 2 aliphatic rings. The molecule has 2 saturated heterocycles. The fourth-order valence-electron chi connectivity index (χ4n) is 4.45. The second-order valence-corrected chi connectivity index (χ2v) is 9.09. The first kappa shape index (κ1) is 20.1. The van der Waals surface area contributed by atoms with Gasteiger partial charge in [0, 0.05) is 40.5 Å². The number of amides is 1. The first-order chi connectivity index (χ1) is 14.2. The predicted molar refractivity (Wildman–Crippen MR) is 119 cm³/mol. The first-order valence-corrected chi connectivity index (χ1v) is 11.3. The molecule has 1 amide bonds. The fourth-order valence-corrected chi connectivity index (χ4v) is 5.33. The summed E-state index contributed by atoms with van der Waals surface area (Å²) >= 11 is 1.65. The number of carbonyl (C=O) groups is 1. The third-order valence-corrected chi connectivity index (χ3v) is 7.17. The largest absolute Gasteiger partial charge is 0.399 e. The van der Waals surface area contributed by atoms with Gasteiger partial charge in [0.25, 0.3) is 5.91 Å². The summed E-state index contributed by atoms with van der Waals surface area (Å²) in [5.41, 5.74) is 1.90. The van der Waals surface area contributed by atoms with E-state index >= 15 is 0 Å². The number of thiophene rings is 1. The summed E-state index contributed by atoms with van der Waals surface area (Å²) in [6.45, 7) is 5.38. The molecule has 6 heteroatoms. The third-order valence-electron chi connectivity index (χ3n) is 6.10. The standard InChI is InChI=1S/C23H29N3O2S/c1-17-5-3-13-25(17)16-20-6-4-14-26(20)23(27)19-9-7-18(8-10-19)22-12-11-21(29-22)15-24-28-2/h7-12,15,17,20H,3-6,13-14,16H2,1-2H3/b24-15-/t17-,20+/m1/s1. The number of hydrogen-bond acceptors (Lipinski definition) is 5. The Hall–Kier alpha value is -2.18. The van der Waals surface area contributed by atoms with Gasteiger partial charge in [-0.25, -0.2) is 0 Å².